The van der Waals surface area contributed by atoms with Gasteiger partial charge in [-0.1, -0.05) is 42.5 Å². The molecular formula is C27H25ClN4O5. The summed E-state index contributed by atoms with van der Waals surface area (Å²) in [5.74, 6) is -1.14. The highest BCUT2D eigenvalue weighted by molar-refractivity contribution is 6.39. The highest BCUT2D eigenvalue weighted by Gasteiger charge is 2.13. The Morgan fingerprint density at radius 3 is 2.41 bits per heavy atom. The number of rotatable bonds is 10. The molecule has 0 aliphatic rings. The molecule has 3 rings (SSSR count). The smallest absolute Gasteiger partial charge is 0.329 e. The molecule has 3 amide bonds. The van der Waals surface area contributed by atoms with Crippen LogP contribution in [0.5, 0.6) is 11.5 Å². The van der Waals surface area contributed by atoms with E-state index in [1.165, 1.54) is 6.21 Å². The molecule has 0 spiro atoms. The number of hydrogen-bond donors (Lipinski definition) is 3. The third-order valence-corrected chi connectivity index (χ3v) is 5.16. The Balaban J connectivity index is 1.45. The molecule has 3 aromatic rings. The topological polar surface area (TPSA) is 118 Å². The summed E-state index contributed by atoms with van der Waals surface area (Å²) < 4.78 is 10.9. The zero-order valence-electron chi connectivity index (χ0n) is 20.0. The van der Waals surface area contributed by atoms with Gasteiger partial charge in [-0.2, -0.15) is 5.10 Å². The fourth-order valence-corrected chi connectivity index (χ4v) is 3.08. The van der Waals surface area contributed by atoms with Gasteiger partial charge in [0.25, 0.3) is 5.91 Å². The second-order valence-corrected chi connectivity index (χ2v) is 8.06. The number of hydrazone groups is 1. The second-order valence-electron chi connectivity index (χ2n) is 7.65. The van der Waals surface area contributed by atoms with Gasteiger partial charge in [0, 0.05) is 16.4 Å². The lowest BCUT2D eigenvalue weighted by Crippen LogP contribution is -2.32. The monoisotopic (exact) mass is 520 g/mol. The Hall–Kier alpha value is -4.63. The van der Waals surface area contributed by atoms with E-state index in [1.54, 1.807) is 66.7 Å². The van der Waals surface area contributed by atoms with E-state index >= 15 is 0 Å². The molecule has 0 radical (unpaired) electrons. The average Bonchev–Trinajstić information content (AvgIpc) is 2.89. The number of aryl methyl sites for hydroxylation is 1. The highest BCUT2D eigenvalue weighted by Crippen LogP contribution is 2.20. The van der Waals surface area contributed by atoms with Gasteiger partial charge in [-0.05, 0) is 66.6 Å². The number of nitrogens with zero attached hydrogens (tertiary/aromatic N) is 1. The number of amides is 3. The quantitative estimate of drug-likeness (QED) is 0.159. The number of halogens is 1. The zero-order chi connectivity index (χ0) is 26.6. The number of carbonyl (C=O) groups excluding carboxylic acids is 3. The van der Waals surface area contributed by atoms with E-state index in [2.05, 4.69) is 27.7 Å². The minimum absolute atomic E-state index is 0.218. The number of carbonyl (C=O) groups is 3. The molecule has 0 saturated carbocycles. The van der Waals surface area contributed by atoms with Crippen molar-refractivity contribution in [1.82, 2.24) is 5.43 Å². The summed E-state index contributed by atoms with van der Waals surface area (Å²) >= 11 is 6.07. The summed E-state index contributed by atoms with van der Waals surface area (Å²) in [6.45, 7) is 5.58. The first-order valence-corrected chi connectivity index (χ1v) is 11.5. The van der Waals surface area contributed by atoms with Crippen LogP contribution in [0.3, 0.4) is 0 Å². The third kappa shape index (κ3) is 8.83. The van der Waals surface area contributed by atoms with Crippen molar-refractivity contribution < 1.29 is 23.9 Å². The van der Waals surface area contributed by atoms with E-state index in [4.69, 9.17) is 21.1 Å². The minimum atomic E-state index is -0.941. The molecule has 0 atom stereocenters. The van der Waals surface area contributed by atoms with Crippen molar-refractivity contribution in [2.75, 3.05) is 23.8 Å². The van der Waals surface area contributed by atoms with Crippen LogP contribution >= 0.6 is 11.6 Å². The second kappa shape index (κ2) is 13.5. The van der Waals surface area contributed by atoms with Crippen LogP contribution in [0, 0.1) is 6.92 Å². The number of ether oxygens (including phenoxy) is 2. The molecule has 0 bridgehead atoms. The molecular weight excluding hydrogens is 496 g/mol. The predicted octanol–water partition coefficient (Wildman–Crippen LogP) is 4.32. The maximum Gasteiger partial charge on any atom is 0.329 e. The number of nitrogens with one attached hydrogen (secondary N) is 3. The van der Waals surface area contributed by atoms with Crippen LogP contribution in [0.4, 0.5) is 11.4 Å². The van der Waals surface area contributed by atoms with E-state index in [-0.39, 0.29) is 12.5 Å². The number of anilines is 2. The van der Waals surface area contributed by atoms with E-state index in [0.29, 0.717) is 40.1 Å². The Kier molecular flexibility index (Phi) is 9.81. The Morgan fingerprint density at radius 2 is 1.68 bits per heavy atom. The van der Waals surface area contributed by atoms with E-state index in [0.717, 1.165) is 5.56 Å². The molecule has 10 heteroatoms. The fourth-order valence-electron chi connectivity index (χ4n) is 2.89. The Bertz CT molecular complexity index is 1310. The fraction of sp³-hybridized carbons (Fsp3) is 0.111. The van der Waals surface area contributed by atoms with Crippen LogP contribution in [0.1, 0.15) is 11.1 Å². The van der Waals surface area contributed by atoms with Crippen molar-refractivity contribution in [3.05, 3.63) is 95.5 Å². The van der Waals surface area contributed by atoms with E-state index < -0.39 is 11.8 Å². The molecule has 3 N–H and O–H groups in total. The Labute approximate surface area is 219 Å². The summed E-state index contributed by atoms with van der Waals surface area (Å²) in [5.41, 5.74) is 4.65. The van der Waals surface area contributed by atoms with Crippen molar-refractivity contribution in [2.24, 2.45) is 5.10 Å². The minimum Gasteiger partial charge on any atom is -0.490 e. The molecule has 37 heavy (non-hydrogen) atoms. The third-order valence-electron chi connectivity index (χ3n) is 4.75. The number of hydrogen-bond acceptors (Lipinski definition) is 6. The van der Waals surface area contributed by atoms with Gasteiger partial charge in [0.15, 0.2) is 6.61 Å². The SMILES string of the molecule is C=CCOc1ccc(NC(=O)C(=O)N/N=C\c2cccc(OCC(=O)Nc3ccc(C)c(Cl)c3)c2)cc1. The molecule has 0 aliphatic carbocycles. The molecule has 3 aromatic carbocycles. The summed E-state index contributed by atoms with van der Waals surface area (Å²) in [5, 5.41) is 9.53. The van der Waals surface area contributed by atoms with Crippen LogP contribution in [0.2, 0.25) is 5.02 Å². The molecule has 0 heterocycles. The first kappa shape index (κ1) is 27.0. The number of benzene rings is 3. The van der Waals surface area contributed by atoms with Crippen molar-refractivity contribution in [3.63, 3.8) is 0 Å². The summed E-state index contributed by atoms with van der Waals surface area (Å²) in [6.07, 6.45) is 2.96. The molecule has 0 aliphatic heterocycles. The lowest BCUT2D eigenvalue weighted by atomic mass is 10.2. The first-order chi connectivity index (χ1) is 17.8. The Morgan fingerprint density at radius 1 is 0.919 bits per heavy atom. The lowest BCUT2D eigenvalue weighted by molar-refractivity contribution is -0.136. The van der Waals surface area contributed by atoms with Crippen molar-refractivity contribution in [3.8, 4) is 11.5 Å². The van der Waals surface area contributed by atoms with Gasteiger partial charge in [-0.3, -0.25) is 14.4 Å². The first-order valence-electron chi connectivity index (χ1n) is 11.1. The summed E-state index contributed by atoms with van der Waals surface area (Å²) in [4.78, 5) is 36.3. The van der Waals surface area contributed by atoms with Gasteiger partial charge < -0.3 is 20.1 Å². The normalized spacial score (nSPS) is 10.4. The maximum absolute atomic E-state index is 12.2. The molecule has 0 saturated heterocycles. The standard InChI is InChI=1S/C27H25ClN4O5/c1-3-13-36-22-11-9-20(10-12-22)31-26(34)27(35)32-29-16-19-5-4-6-23(14-19)37-17-25(33)30-21-8-7-18(2)24(28)15-21/h3-12,14-16H,1,13,17H2,2H3,(H,30,33)(H,31,34)(H,32,35)/b29-16-. The summed E-state index contributed by atoms with van der Waals surface area (Å²) in [7, 11) is 0. The van der Waals surface area contributed by atoms with Crippen molar-refractivity contribution in [1.29, 1.82) is 0 Å². The molecule has 9 nitrogen and oxygen atoms in total. The van der Waals surface area contributed by atoms with Gasteiger partial charge in [-0.25, -0.2) is 5.43 Å². The predicted molar refractivity (Wildman–Crippen MR) is 143 cm³/mol. The molecule has 0 aromatic heterocycles. The van der Waals surface area contributed by atoms with Crippen molar-refractivity contribution >= 4 is 46.9 Å². The van der Waals surface area contributed by atoms with Gasteiger partial charge in [0.1, 0.15) is 18.1 Å². The van der Waals surface area contributed by atoms with E-state index in [1.807, 2.05) is 13.0 Å². The van der Waals surface area contributed by atoms with Crippen LogP contribution in [-0.2, 0) is 14.4 Å². The van der Waals surface area contributed by atoms with Crippen molar-refractivity contribution in [2.45, 2.75) is 6.92 Å². The van der Waals surface area contributed by atoms with Crippen LogP contribution in [0.25, 0.3) is 0 Å². The van der Waals surface area contributed by atoms with Crippen LogP contribution in [-0.4, -0.2) is 37.1 Å². The van der Waals surface area contributed by atoms with Crippen LogP contribution < -0.4 is 25.5 Å². The lowest BCUT2D eigenvalue weighted by Gasteiger charge is -2.09. The van der Waals surface area contributed by atoms with Gasteiger partial charge in [-0.15, -0.1) is 0 Å². The molecule has 190 valence electrons. The largest absolute Gasteiger partial charge is 0.490 e. The van der Waals surface area contributed by atoms with Crippen LogP contribution in [0.15, 0.2) is 84.5 Å². The van der Waals surface area contributed by atoms with Gasteiger partial charge in [0.2, 0.25) is 0 Å². The average molecular weight is 521 g/mol. The molecule has 0 unspecified atom stereocenters. The highest BCUT2D eigenvalue weighted by atomic mass is 35.5. The molecule has 0 fully saturated rings. The van der Waals surface area contributed by atoms with Gasteiger partial charge >= 0.3 is 11.8 Å². The van der Waals surface area contributed by atoms with Gasteiger partial charge in [0.05, 0.1) is 6.21 Å². The zero-order valence-corrected chi connectivity index (χ0v) is 20.7. The maximum atomic E-state index is 12.2. The summed E-state index contributed by atoms with van der Waals surface area (Å²) in [6, 6.07) is 18.5. The van der Waals surface area contributed by atoms with E-state index in [9.17, 15) is 14.4 Å².